The van der Waals surface area contributed by atoms with Crippen molar-refractivity contribution < 1.29 is 9.13 Å². The summed E-state index contributed by atoms with van der Waals surface area (Å²) in [6.45, 7) is 0. The van der Waals surface area contributed by atoms with Crippen LogP contribution in [-0.2, 0) is 0 Å². The van der Waals surface area contributed by atoms with Crippen LogP contribution in [0.15, 0.2) is 41.8 Å². The molecule has 0 bridgehead atoms. The highest BCUT2D eigenvalue weighted by Gasteiger charge is 1.97. The highest BCUT2D eigenvalue weighted by atomic mass is 32.1. The van der Waals surface area contributed by atoms with Crippen molar-refractivity contribution >= 4 is 11.3 Å². The zero-order valence-corrected chi connectivity index (χ0v) is 7.55. The molecule has 0 saturated carbocycles. The summed E-state index contributed by atoms with van der Waals surface area (Å²) >= 11 is 1.51. The van der Waals surface area contributed by atoms with E-state index >= 15 is 0 Å². The molecule has 0 unspecified atom stereocenters. The molecule has 2 aromatic rings. The van der Waals surface area contributed by atoms with Gasteiger partial charge >= 0.3 is 0 Å². The van der Waals surface area contributed by atoms with Crippen LogP contribution in [0.2, 0.25) is 0 Å². The molecule has 0 spiro atoms. The smallest absolute Gasteiger partial charge is 0.180 e. The summed E-state index contributed by atoms with van der Waals surface area (Å²) in [7, 11) is 0. The quantitative estimate of drug-likeness (QED) is 0.708. The first kappa shape index (κ1) is 8.26. The van der Waals surface area contributed by atoms with Gasteiger partial charge in [-0.15, -0.1) is 11.3 Å². The maximum Gasteiger partial charge on any atom is 0.180 e. The molecule has 13 heavy (non-hydrogen) atoms. The molecule has 1 aromatic carbocycles. The minimum Gasteiger partial charge on any atom is -0.447 e. The molecule has 66 valence electrons. The summed E-state index contributed by atoms with van der Waals surface area (Å²) in [6.07, 6.45) is 0. The maximum absolute atomic E-state index is 12.5. The van der Waals surface area contributed by atoms with Gasteiger partial charge in [-0.05, 0) is 41.8 Å². The van der Waals surface area contributed by atoms with Crippen molar-refractivity contribution in [2.24, 2.45) is 0 Å². The van der Waals surface area contributed by atoms with E-state index in [1.165, 1.54) is 23.5 Å². The Morgan fingerprint density at radius 2 is 1.85 bits per heavy atom. The molecule has 1 heterocycles. The predicted molar refractivity (Wildman–Crippen MR) is 50.8 cm³/mol. The van der Waals surface area contributed by atoms with Crippen molar-refractivity contribution in [1.29, 1.82) is 0 Å². The second-order valence-electron chi connectivity index (χ2n) is 2.49. The van der Waals surface area contributed by atoms with Crippen LogP contribution in [-0.4, -0.2) is 0 Å². The second kappa shape index (κ2) is 3.58. The first-order chi connectivity index (χ1) is 6.34. The number of rotatable bonds is 2. The van der Waals surface area contributed by atoms with Crippen LogP contribution in [0.3, 0.4) is 0 Å². The third-order valence-electron chi connectivity index (χ3n) is 1.53. The Bertz CT molecular complexity index is 366. The number of benzene rings is 1. The standard InChI is InChI=1S/C10H7FOS/c11-8-3-5-9(6-4-8)12-10-2-1-7-13-10/h1-7H. The number of hydrogen-bond donors (Lipinski definition) is 0. The van der Waals surface area contributed by atoms with Crippen LogP contribution >= 0.6 is 11.3 Å². The van der Waals surface area contributed by atoms with E-state index in [-0.39, 0.29) is 5.82 Å². The van der Waals surface area contributed by atoms with Crippen molar-refractivity contribution in [2.75, 3.05) is 0 Å². The zero-order chi connectivity index (χ0) is 9.10. The third-order valence-corrected chi connectivity index (χ3v) is 2.27. The van der Waals surface area contributed by atoms with Crippen molar-refractivity contribution in [3.05, 3.63) is 47.6 Å². The van der Waals surface area contributed by atoms with Gasteiger partial charge in [-0.1, -0.05) is 0 Å². The number of ether oxygens (including phenoxy) is 1. The Balaban J connectivity index is 2.15. The van der Waals surface area contributed by atoms with Crippen LogP contribution < -0.4 is 4.74 Å². The topological polar surface area (TPSA) is 9.23 Å². The predicted octanol–water partition coefficient (Wildman–Crippen LogP) is 3.68. The number of thiophene rings is 1. The lowest BCUT2D eigenvalue weighted by atomic mass is 10.3. The third kappa shape index (κ3) is 2.06. The molecule has 0 saturated heterocycles. The summed E-state index contributed by atoms with van der Waals surface area (Å²) in [5.41, 5.74) is 0. The lowest BCUT2D eigenvalue weighted by Crippen LogP contribution is -1.80. The van der Waals surface area contributed by atoms with Crippen molar-refractivity contribution in [2.45, 2.75) is 0 Å². The molecule has 0 aliphatic heterocycles. The summed E-state index contributed by atoms with van der Waals surface area (Å²) in [4.78, 5) is 0. The fraction of sp³-hybridized carbons (Fsp3) is 0. The fourth-order valence-electron chi connectivity index (χ4n) is 0.940. The number of hydrogen-bond acceptors (Lipinski definition) is 2. The van der Waals surface area contributed by atoms with Crippen LogP contribution in [0.5, 0.6) is 10.8 Å². The van der Waals surface area contributed by atoms with Crippen LogP contribution in [0.25, 0.3) is 0 Å². The molecule has 1 aromatic heterocycles. The van der Waals surface area contributed by atoms with Gasteiger partial charge in [0.1, 0.15) is 11.6 Å². The lowest BCUT2D eigenvalue weighted by molar-refractivity contribution is 0.494. The van der Waals surface area contributed by atoms with E-state index in [0.29, 0.717) is 5.75 Å². The largest absolute Gasteiger partial charge is 0.447 e. The highest BCUT2D eigenvalue weighted by Crippen LogP contribution is 2.25. The van der Waals surface area contributed by atoms with Crippen LogP contribution in [0.1, 0.15) is 0 Å². The molecule has 0 N–H and O–H groups in total. The Hall–Kier alpha value is -1.35. The molecule has 0 aliphatic carbocycles. The van der Waals surface area contributed by atoms with E-state index in [9.17, 15) is 4.39 Å². The maximum atomic E-state index is 12.5. The van der Waals surface area contributed by atoms with E-state index in [1.54, 1.807) is 12.1 Å². The van der Waals surface area contributed by atoms with E-state index < -0.39 is 0 Å². The molecule has 0 radical (unpaired) electrons. The minimum absolute atomic E-state index is 0.251. The van der Waals surface area contributed by atoms with Gasteiger partial charge in [-0.25, -0.2) is 4.39 Å². The Labute approximate surface area is 79.4 Å². The van der Waals surface area contributed by atoms with E-state index in [0.717, 1.165) is 5.06 Å². The van der Waals surface area contributed by atoms with Gasteiger partial charge in [-0.2, -0.15) is 0 Å². The lowest BCUT2D eigenvalue weighted by Gasteiger charge is -2.00. The van der Waals surface area contributed by atoms with Gasteiger partial charge < -0.3 is 4.74 Å². The normalized spacial score (nSPS) is 9.92. The molecular formula is C10H7FOS. The van der Waals surface area contributed by atoms with Gasteiger partial charge in [0.2, 0.25) is 0 Å². The molecular weight excluding hydrogens is 187 g/mol. The summed E-state index contributed by atoms with van der Waals surface area (Å²) in [6, 6.07) is 9.74. The monoisotopic (exact) mass is 194 g/mol. The fourth-order valence-corrected chi connectivity index (χ4v) is 1.53. The summed E-state index contributed by atoms with van der Waals surface area (Å²) in [5, 5.41) is 2.74. The molecule has 3 heteroatoms. The van der Waals surface area contributed by atoms with E-state index in [1.807, 2.05) is 17.5 Å². The molecule has 0 atom stereocenters. The van der Waals surface area contributed by atoms with Gasteiger partial charge in [0, 0.05) is 0 Å². The molecule has 2 rings (SSSR count). The van der Waals surface area contributed by atoms with Gasteiger partial charge in [-0.3, -0.25) is 0 Å². The zero-order valence-electron chi connectivity index (χ0n) is 6.74. The summed E-state index contributed by atoms with van der Waals surface area (Å²) in [5.74, 6) is 0.405. The molecule has 0 amide bonds. The van der Waals surface area contributed by atoms with Crippen molar-refractivity contribution in [3.63, 3.8) is 0 Å². The van der Waals surface area contributed by atoms with Gasteiger partial charge in [0.25, 0.3) is 0 Å². The molecule has 0 aliphatic rings. The van der Waals surface area contributed by atoms with E-state index in [4.69, 9.17) is 4.74 Å². The van der Waals surface area contributed by atoms with Crippen molar-refractivity contribution in [1.82, 2.24) is 0 Å². The van der Waals surface area contributed by atoms with Crippen LogP contribution in [0, 0.1) is 5.82 Å². The van der Waals surface area contributed by atoms with Gasteiger partial charge in [0.15, 0.2) is 5.06 Å². The van der Waals surface area contributed by atoms with Crippen LogP contribution in [0.4, 0.5) is 4.39 Å². The highest BCUT2D eigenvalue weighted by molar-refractivity contribution is 7.11. The first-order valence-corrected chi connectivity index (χ1v) is 4.69. The van der Waals surface area contributed by atoms with E-state index in [2.05, 4.69) is 0 Å². The minimum atomic E-state index is -0.251. The van der Waals surface area contributed by atoms with Gasteiger partial charge in [0.05, 0.1) is 0 Å². The van der Waals surface area contributed by atoms with Crippen molar-refractivity contribution in [3.8, 4) is 10.8 Å². The average molecular weight is 194 g/mol. The average Bonchev–Trinajstić information content (AvgIpc) is 2.62. The Kier molecular flexibility index (Phi) is 2.27. The summed E-state index contributed by atoms with van der Waals surface area (Å²) < 4.78 is 17.9. The number of halogens is 1. The Morgan fingerprint density at radius 3 is 2.46 bits per heavy atom. The SMILES string of the molecule is Fc1ccc(Oc2cccs2)cc1. The Morgan fingerprint density at radius 1 is 1.08 bits per heavy atom. The second-order valence-corrected chi connectivity index (χ2v) is 3.40. The molecule has 0 fully saturated rings. The first-order valence-electron chi connectivity index (χ1n) is 3.81. The molecule has 1 nitrogen and oxygen atoms in total.